The Kier molecular flexibility index (Phi) is 6.15. The van der Waals surface area contributed by atoms with Gasteiger partial charge in [-0.1, -0.05) is 38.3 Å². The second-order valence-corrected chi connectivity index (χ2v) is 8.61. The zero-order chi connectivity index (χ0) is 18.6. The van der Waals surface area contributed by atoms with Crippen molar-refractivity contribution >= 4 is 17.2 Å². The Bertz CT molecular complexity index is 727. The minimum absolute atomic E-state index is 0.00614. The number of rotatable bonds is 7. The summed E-state index contributed by atoms with van der Waals surface area (Å²) in [5.74, 6) is 0.00614. The molecule has 1 fully saturated rings. The van der Waals surface area contributed by atoms with E-state index in [-0.39, 0.29) is 11.3 Å². The van der Waals surface area contributed by atoms with Crippen LogP contribution in [0.4, 0.5) is 0 Å². The fraction of sp³-hybridized carbons (Fsp3) is 0.500. The quantitative estimate of drug-likeness (QED) is 0.720. The number of aliphatic hydroxyl groups excluding tert-OH is 1. The largest absolute Gasteiger partial charge is 0.388 e. The molecule has 1 unspecified atom stereocenters. The number of aryl methyl sites for hydroxylation is 1. The summed E-state index contributed by atoms with van der Waals surface area (Å²) in [5.41, 5.74) is 2.03. The number of hydrogen-bond acceptors (Lipinski definition) is 3. The molecule has 3 rings (SSSR count). The Morgan fingerprint density at radius 2 is 1.88 bits per heavy atom. The summed E-state index contributed by atoms with van der Waals surface area (Å²) in [5, 5.41) is 13.0. The summed E-state index contributed by atoms with van der Waals surface area (Å²) in [4.78, 5) is 14.9. The molecule has 1 atom stereocenters. The first-order chi connectivity index (χ1) is 12.5. The highest BCUT2D eigenvalue weighted by atomic mass is 32.1. The zero-order valence-corrected chi connectivity index (χ0v) is 16.6. The van der Waals surface area contributed by atoms with Crippen LogP contribution in [0.15, 0.2) is 36.4 Å². The Hall–Kier alpha value is -1.65. The molecule has 1 saturated carbocycles. The molecule has 0 spiro atoms. The average Bonchev–Trinajstić information content (AvgIpc) is 3.31. The lowest BCUT2D eigenvalue weighted by Crippen LogP contribution is -2.38. The maximum atomic E-state index is 12.6. The number of benzene rings is 1. The van der Waals surface area contributed by atoms with Crippen LogP contribution in [-0.2, 0) is 11.8 Å². The number of carbonyl (C=O) groups is 1. The first kappa shape index (κ1) is 19.1. The van der Waals surface area contributed by atoms with Gasteiger partial charge in [0, 0.05) is 27.3 Å². The molecule has 3 nitrogen and oxygen atoms in total. The minimum atomic E-state index is -0.427. The van der Waals surface area contributed by atoms with Gasteiger partial charge in [0.25, 0.3) is 5.91 Å². The van der Waals surface area contributed by atoms with Gasteiger partial charge in [0.05, 0.1) is 6.10 Å². The van der Waals surface area contributed by atoms with Crippen LogP contribution in [0, 0.1) is 0 Å². The van der Waals surface area contributed by atoms with E-state index >= 15 is 0 Å². The molecule has 1 heterocycles. The SMILES string of the molecule is CCCc1ccc(C(=O)NCC2(c3ccc(C(C)O)s3)CCCC2)cc1. The van der Waals surface area contributed by atoms with Crippen LogP contribution in [0.1, 0.15) is 77.7 Å². The summed E-state index contributed by atoms with van der Waals surface area (Å²) in [6.07, 6.45) is 6.33. The highest BCUT2D eigenvalue weighted by molar-refractivity contribution is 7.12. The molecule has 1 aromatic carbocycles. The summed E-state index contributed by atoms with van der Waals surface area (Å²) >= 11 is 1.69. The van der Waals surface area contributed by atoms with E-state index in [0.717, 1.165) is 36.1 Å². The fourth-order valence-electron chi connectivity index (χ4n) is 3.89. The van der Waals surface area contributed by atoms with E-state index < -0.39 is 6.10 Å². The van der Waals surface area contributed by atoms with Crippen molar-refractivity contribution in [3.8, 4) is 0 Å². The van der Waals surface area contributed by atoms with E-state index in [0.29, 0.717) is 6.54 Å². The predicted molar refractivity (Wildman–Crippen MR) is 108 cm³/mol. The standard InChI is InChI=1S/C22H29NO2S/c1-3-6-17-7-9-18(10-8-17)21(25)23-15-22(13-4-5-14-22)20-12-11-19(26-20)16(2)24/h7-12,16,24H,3-6,13-15H2,1-2H3,(H,23,25). The Morgan fingerprint density at radius 3 is 2.46 bits per heavy atom. The summed E-state index contributed by atoms with van der Waals surface area (Å²) < 4.78 is 0. The van der Waals surface area contributed by atoms with Crippen LogP contribution in [0.2, 0.25) is 0 Å². The van der Waals surface area contributed by atoms with Crippen LogP contribution in [-0.4, -0.2) is 17.6 Å². The molecule has 4 heteroatoms. The topological polar surface area (TPSA) is 49.3 Å². The van der Waals surface area contributed by atoms with Crippen LogP contribution >= 0.6 is 11.3 Å². The van der Waals surface area contributed by atoms with Gasteiger partial charge in [-0.15, -0.1) is 11.3 Å². The average molecular weight is 372 g/mol. The van der Waals surface area contributed by atoms with E-state index in [4.69, 9.17) is 0 Å². The van der Waals surface area contributed by atoms with Gasteiger partial charge in [-0.3, -0.25) is 4.79 Å². The number of nitrogens with one attached hydrogen (secondary N) is 1. The molecule has 2 aromatic rings. The fourth-order valence-corrected chi connectivity index (χ4v) is 5.08. The normalized spacial score (nSPS) is 17.2. The Balaban J connectivity index is 1.69. The van der Waals surface area contributed by atoms with Gasteiger partial charge >= 0.3 is 0 Å². The highest BCUT2D eigenvalue weighted by Gasteiger charge is 2.37. The Labute approximate surface area is 160 Å². The predicted octanol–water partition coefficient (Wildman–Crippen LogP) is 5.00. The third kappa shape index (κ3) is 4.18. The van der Waals surface area contributed by atoms with Crippen molar-refractivity contribution in [3.05, 3.63) is 57.3 Å². The molecular weight excluding hydrogens is 342 g/mol. The van der Waals surface area contributed by atoms with E-state index in [2.05, 4.69) is 30.4 Å². The van der Waals surface area contributed by atoms with Gasteiger partial charge in [0.15, 0.2) is 0 Å². The van der Waals surface area contributed by atoms with Crippen LogP contribution in [0.5, 0.6) is 0 Å². The molecule has 1 aliphatic carbocycles. The number of amides is 1. The number of carbonyl (C=O) groups excluding carboxylic acids is 1. The van der Waals surface area contributed by atoms with E-state index in [1.54, 1.807) is 18.3 Å². The molecule has 1 amide bonds. The lowest BCUT2D eigenvalue weighted by atomic mass is 9.84. The van der Waals surface area contributed by atoms with Crippen LogP contribution < -0.4 is 5.32 Å². The Morgan fingerprint density at radius 1 is 1.19 bits per heavy atom. The molecular formula is C22H29NO2S. The van der Waals surface area contributed by atoms with Crippen molar-refractivity contribution in [1.29, 1.82) is 0 Å². The van der Waals surface area contributed by atoms with Crippen molar-refractivity contribution in [1.82, 2.24) is 5.32 Å². The van der Waals surface area contributed by atoms with Crippen molar-refractivity contribution in [2.24, 2.45) is 0 Å². The van der Waals surface area contributed by atoms with Crippen LogP contribution in [0.25, 0.3) is 0 Å². The molecule has 0 saturated heterocycles. The molecule has 140 valence electrons. The first-order valence-corrected chi connectivity index (χ1v) is 10.5. The van der Waals surface area contributed by atoms with Crippen molar-refractivity contribution in [3.63, 3.8) is 0 Å². The summed E-state index contributed by atoms with van der Waals surface area (Å²) in [6.45, 7) is 4.64. The molecule has 0 radical (unpaired) electrons. The second kappa shape index (κ2) is 8.36. The number of aliphatic hydroxyl groups is 1. The van der Waals surface area contributed by atoms with Gasteiger partial charge in [-0.25, -0.2) is 0 Å². The smallest absolute Gasteiger partial charge is 0.251 e. The van der Waals surface area contributed by atoms with E-state index in [9.17, 15) is 9.90 Å². The van der Waals surface area contributed by atoms with Crippen molar-refractivity contribution in [2.75, 3.05) is 6.54 Å². The van der Waals surface area contributed by atoms with E-state index in [1.165, 1.54) is 23.3 Å². The maximum absolute atomic E-state index is 12.6. The van der Waals surface area contributed by atoms with Crippen molar-refractivity contribution in [2.45, 2.75) is 63.9 Å². The van der Waals surface area contributed by atoms with Gasteiger partial charge in [0.1, 0.15) is 0 Å². The van der Waals surface area contributed by atoms with Crippen LogP contribution in [0.3, 0.4) is 0 Å². The van der Waals surface area contributed by atoms with Gasteiger partial charge < -0.3 is 10.4 Å². The second-order valence-electron chi connectivity index (χ2n) is 7.50. The molecule has 2 N–H and O–H groups in total. The number of hydrogen-bond donors (Lipinski definition) is 2. The van der Waals surface area contributed by atoms with E-state index in [1.807, 2.05) is 18.2 Å². The molecule has 0 bridgehead atoms. The third-order valence-corrected chi connectivity index (χ3v) is 6.97. The first-order valence-electron chi connectivity index (χ1n) is 9.69. The zero-order valence-electron chi connectivity index (χ0n) is 15.8. The molecule has 1 aromatic heterocycles. The summed E-state index contributed by atoms with van der Waals surface area (Å²) in [6, 6.07) is 12.1. The lowest BCUT2D eigenvalue weighted by Gasteiger charge is -2.28. The molecule has 0 aliphatic heterocycles. The van der Waals surface area contributed by atoms with Gasteiger partial charge in [-0.2, -0.15) is 0 Å². The monoisotopic (exact) mass is 371 g/mol. The summed E-state index contributed by atoms with van der Waals surface area (Å²) in [7, 11) is 0. The van der Waals surface area contributed by atoms with Crippen molar-refractivity contribution < 1.29 is 9.90 Å². The van der Waals surface area contributed by atoms with Gasteiger partial charge in [0.2, 0.25) is 0 Å². The maximum Gasteiger partial charge on any atom is 0.251 e. The lowest BCUT2D eigenvalue weighted by molar-refractivity contribution is 0.0943. The molecule has 26 heavy (non-hydrogen) atoms. The third-order valence-electron chi connectivity index (χ3n) is 5.46. The number of thiophene rings is 1. The molecule has 1 aliphatic rings. The minimum Gasteiger partial charge on any atom is -0.388 e. The highest BCUT2D eigenvalue weighted by Crippen LogP contribution is 2.44. The van der Waals surface area contributed by atoms with Gasteiger partial charge in [-0.05, 0) is 56.0 Å².